The van der Waals surface area contributed by atoms with Crippen LogP contribution in [0, 0.1) is 0 Å². The van der Waals surface area contributed by atoms with Crippen LogP contribution in [0.5, 0.6) is 5.75 Å². The minimum atomic E-state index is -0.0444. The Morgan fingerprint density at radius 3 is 2.48 bits per heavy atom. The van der Waals surface area contributed by atoms with Gasteiger partial charge in [0.1, 0.15) is 5.75 Å². The van der Waals surface area contributed by atoms with E-state index in [0.717, 1.165) is 38.3 Å². The van der Waals surface area contributed by atoms with Gasteiger partial charge in [-0.05, 0) is 24.7 Å². The zero-order chi connectivity index (χ0) is 20.6. The minimum Gasteiger partial charge on any atom is -0.493 e. The third-order valence-electron chi connectivity index (χ3n) is 5.06. The van der Waals surface area contributed by atoms with Crippen LogP contribution in [0.25, 0.3) is 0 Å². The molecule has 0 aromatic heterocycles. The van der Waals surface area contributed by atoms with Crippen molar-refractivity contribution in [2.45, 2.75) is 12.5 Å². The van der Waals surface area contributed by atoms with Crippen LogP contribution in [0.4, 0.5) is 0 Å². The fraction of sp³-hybridized carbons (Fsp3) is 0.409. The number of hydrogen-bond donors (Lipinski definition) is 1. The second kappa shape index (κ2) is 10.8. The van der Waals surface area contributed by atoms with Crippen LogP contribution in [0.1, 0.15) is 18.0 Å². The van der Waals surface area contributed by atoms with Crippen LogP contribution in [-0.4, -0.2) is 62.1 Å². The number of nitrogens with one attached hydrogen (secondary N) is 1. The van der Waals surface area contributed by atoms with E-state index in [4.69, 9.17) is 27.9 Å². The number of piperazine rings is 1. The number of carbonyl (C=O) groups excluding carboxylic acids is 1. The Hall–Kier alpha value is -1.79. The van der Waals surface area contributed by atoms with Gasteiger partial charge in [-0.1, -0.05) is 53.5 Å². The Morgan fingerprint density at radius 1 is 1.07 bits per heavy atom. The molecule has 0 spiro atoms. The predicted molar refractivity (Wildman–Crippen MR) is 118 cm³/mol. The average Bonchev–Trinajstić information content (AvgIpc) is 2.72. The highest BCUT2D eigenvalue weighted by atomic mass is 35.5. The Balaban J connectivity index is 1.53. The van der Waals surface area contributed by atoms with Gasteiger partial charge in [-0.3, -0.25) is 9.69 Å². The molecule has 1 unspecified atom stereocenters. The molecule has 5 nitrogen and oxygen atoms in total. The van der Waals surface area contributed by atoms with E-state index in [0.29, 0.717) is 15.8 Å². The summed E-state index contributed by atoms with van der Waals surface area (Å²) in [6.45, 7) is 5.20. The van der Waals surface area contributed by atoms with Crippen molar-refractivity contribution in [2.75, 3.05) is 46.4 Å². The van der Waals surface area contributed by atoms with Crippen molar-refractivity contribution in [2.24, 2.45) is 0 Å². The number of halogens is 2. The van der Waals surface area contributed by atoms with Gasteiger partial charge >= 0.3 is 0 Å². The first kappa shape index (κ1) is 21.9. The number of nitrogens with zero attached hydrogens (tertiary/aromatic N) is 2. The molecular weight excluding hydrogens is 409 g/mol. The zero-order valence-corrected chi connectivity index (χ0v) is 18.1. The van der Waals surface area contributed by atoms with Gasteiger partial charge in [0, 0.05) is 38.8 Å². The van der Waals surface area contributed by atoms with Gasteiger partial charge in [0.05, 0.1) is 29.1 Å². The first-order valence-electron chi connectivity index (χ1n) is 9.84. The maximum absolute atomic E-state index is 12.6. The average molecular weight is 436 g/mol. The molecule has 1 aliphatic heterocycles. The fourth-order valence-electron chi connectivity index (χ4n) is 3.30. The standard InChI is InChI=1S/C22H27Cl2N3O2/c1-26-10-12-27(13-11-26)16-21(17-5-3-2-4-6-17)25-22(28)9-14-29-18-7-8-19(23)20(24)15-18/h2-8,15,21H,9-14,16H2,1H3,(H,25,28). The monoisotopic (exact) mass is 435 g/mol. The van der Waals surface area contributed by atoms with Crippen LogP contribution in [0.15, 0.2) is 48.5 Å². The molecule has 2 aromatic rings. The van der Waals surface area contributed by atoms with Crippen molar-refractivity contribution in [3.63, 3.8) is 0 Å². The van der Waals surface area contributed by atoms with Crippen LogP contribution >= 0.6 is 23.2 Å². The summed E-state index contributed by atoms with van der Waals surface area (Å²) < 4.78 is 5.64. The lowest BCUT2D eigenvalue weighted by molar-refractivity contribution is -0.122. The van der Waals surface area contributed by atoms with Crippen LogP contribution in [0.2, 0.25) is 10.0 Å². The lowest BCUT2D eigenvalue weighted by atomic mass is 10.1. The maximum atomic E-state index is 12.6. The molecule has 1 amide bonds. The summed E-state index contributed by atoms with van der Waals surface area (Å²) in [5.74, 6) is 0.567. The molecule has 0 saturated carbocycles. The number of hydrogen-bond acceptors (Lipinski definition) is 4. The maximum Gasteiger partial charge on any atom is 0.223 e. The van der Waals surface area contributed by atoms with Gasteiger partial charge in [-0.2, -0.15) is 0 Å². The predicted octanol–water partition coefficient (Wildman–Crippen LogP) is 3.87. The summed E-state index contributed by atoms with van der Waals surface area (Å²) in [6, 6.07) is 15.2. The molecule has 29 heavy (non-hydrogen) atoms. The highest BCUT2D eigenvalue weighted by Gasteiger charge is 2.21. The molecule has 1 saturated heterocycles. The number of rotatable bonds is 8. The SMILES string of the molecule is CN1CCN(CC(NC(=O)CCOc2ccc(Cl)c(Cl)c2)c2ccccc2)CC1. The Kier molecular flexibility index (Phi) is 8.19. The molecule has 3 rings (SSSR count). The lowest BCUT2D eigenvalue weighted by Crippen LogP contribution is -2.47. The van der Waals surface area contributed by atoms with Crippen LogP contribution < -0.4 is 10.1 Å². The third-order valence-corrected chi connectivity index (χ3v) is 5.80. The van der Waals surface area contributed by atoms with E-state index in [1.807, 2.05) is 18.2 Å². The van der Waals surface area contributed by atoms with Gasteiger partial charge < -0.3 is 15.0 Å². The highest BCUT2D eigenvalue weighted by Crippen LogP contribution is 2.26. The van der Waals surface area contributed by atoms with Crippen molar-refractivity contribution < 1.29 is 9.53 Å². The molecule has 1 heterocycles. The van der Waals surface area contributed by atoms with Crippen LogP contribution in [0.3, 0.4) is 0 Å². The number of carbonyl (C=O) groups is 1. The topological polar surface area (TPSA) is 44.8 Å². The van der Waals surface area contributed by atoms with E-state index in [1.54, 1.807) is 18.2 Å². The molecule has 1 fully saturated rings. The van der Waals surface area contributed by atoms with Crippen molar-refractivity contribution >= 4 is 29.1 Å². The molecule has 0 radical (unpaired) electrons. The van der Waals surface area contributed by atoms with Crippen molar-refractivity contribution in [3.8, 4) is 5.75 Å². The molecule has 1 N–H and O–H groups in total. The highest BCUT2D eigenvalue weighted by molar-refractivity contribution is 6.42. The van der Waals surface area contributed by atoms with Gasteiger partial charge in [0.25, 0.3) is 0 Å². The van der Waals surface area contributed by atoms with E-state index in [2.05, 4.69) is 34.3 Å². The quantitative estimate of drug-likeness (QED) is 0.683. The molecule has 2 aromatic carbocycles. The lowest BCUT2D eigenvalue weighted by Gasteiger charge is -2.35. The molecule has 0 aliphatic carbocycles. The smallest absolute Gasteiger partial charge is 0.223 e. The van der Waals surface area contributed by atoms with Gasteiger partial charge in [0.2, 0.25) is 5.91 Å². The summed E-state index contributed by atoms with van der Waals surface area (Å²) in [6.07, 6.45) is 0.270. The van der Waals surface area contributed by atoms with E-state index in [1.165, 1.54) is 0 Å². The summed E-state index contributed by atoms with van der Waals surface area (Å²) in [4.78, 5) is 17.3. The molecule has 0 bridgehead atoms. The second-order valence-electron chi connectivity index (χ2n) is 7.31. The summed E-state index contributed by atoms with van der Waals surface area (Å²) in [5.41, 5.74) is 1.12. The summed E-state index contributed by atoms with van der Waals surface area (Å²) in [7, 11) is 2.14. The Bertz CT molecular complexity index is 796. The first-order valence-corrected chi connectivity index (χ1v) is 10.6. The van der Waals surface area contributed by atoms with Gasteiger partial charge in [-0.25, -0.2) is 0 Å². The van der Waals surface area contributed by atoms with Gasteiger partial charge in [0.15, 0.2) is 0 Å². The van der Waals surface area contributed by atoms with Crippen molar-refractivity contribution in [1.29, 1.82) is 0 Å². The van der Waals surface area contributed by atoms with E-state index >= 15 is 0 Å². The number of likely N-dealkylation sites (N-methyl/N-ethyl adjacent to an activating group) is 1. The number of ether oxygens (including phenoxy) is 1. The first-order chi connectivity index (χ1) is 14.0. The molecule has 7 heteroatoms. The number of benzene rings is 2. The van der Waals surface area contributed by atoms with E-state index in [-0.39, 0.29) is 25.0 Å². The largest absolute Gasteiger partial charge is 0.493 e. The van der Waals surface area contributed by atoms with Crippen molar-refractivity contribution in [1.82, 2.24) is 15.1 Å². The van der Waals surface area contributed by atoms with E-state index in [9.17, 15) is 4.79 Å². The third kappa shape index (κ3) is 6.89. The van der Waals surface area contributed by atoms with Crippen LogP contribution in [-0.2, 0) is 4.79 Å². The minimum absolute atomic E-state index is 0.0342. The van der Waals surface area contributed by atoms with Gasteiger partial charge in [-0.15, -0.1) is 0 Å². The fourth-order valence-corrected chi connectivity index (χ4v) is 3.59. The zero-order valence-electron chi connectivity index (χ0n) is 16.6. The normalized spacial score (nSPS) is 16.4. The molecular formula is C22H27Cl2N3O2. The Labute approximate surface area is 182 Å². The summed E-state index contributed by atoms with van der Waals surface area (Å²) >= 11 is 11.9. The molecule has 156 valence electrons. The Morgan fingerprint density at radius 2 is 1.79 bits per heavy atom. The number of amides is 1. The molecule has 1 atom stereocenters. The van der Waals surface area contributed by atoms with E-state index < -0.39 is 0 Å². The summed E-state index contributed by atoms with van der Waals surface area (Å²) in [5, 5.41) is 4.09. The van der Waals surface area contributed by atoms with Crippen molar-refractivity contribution in [3.05, 3.63) is 64.1 Å². The molecule has 1 aliphatic rings. The second-order valence-corrected chi connectivity index (χ2v) is 8.12.